The van der Waals surface area contributed by atoms with Crippen LogP contribution in [-0.2, 0) is 9.53 Å². The van der Waals surface area contributed by atoms with E-state index >= 15 is 0 Å². The molecule has 0 aliphatic carbocycles. The third kappa shape index (κ3) is 4.50. The molecule has 2 rings (SSSR count). The van der Waals surface area contributed by atoms with E-state index in [9.17, 15) is 31.1 Å². The quantitative estimate of drug-likeness (QED) is 0.796. The molecule has 0 saturated carbocycles. The van der Waals surface area contributed by atoms with Gasteiger partial charge in [-0.3, -0.25) is 4.79 Å². The van der Waals surface area contributed by atoms with E-state index < -0.39 is 31.0 Å². The van der Waals surface area contributed by atoms with Crippen LogP contribution in [0.2, 0.25) is 0 Å². The highest BCUT2D eigenvalue weighted by molar-refractivity contribution is 5.77. The van der Waals surface area contributed by atoms with Gasteiger partial charge in [-0.2, -0.15) is 26.3 Å². The highest BCUT2D eigenvalue weighted by Gasteiger charge is 2.58. The van der Waals surface area contributed by atoms with Gasteiger partial charge < -0.3 is 15.0 Å². The summed E-state index contributed by atoms with van der Waals surface area (Å²) in [5.41, 5.74) is -0.0435. The van der Waals surface area contributed by atoms with Crippen molar-refractivity contribution in [3.05, 3.63) is 0 Å². The second-order valence-corrected chi connectivity index (χ2v) is 5.97. The Labute approximate surface area is 129 Å². The molecule has 4 nitrogen and oxygen atoms in total. The van der Waals surface area contributed by atoms with Gasteiger partial charge in [-0.15, -0.1) is 0 Å². The molecule has 0 aromatic heterocycles. The van der Waals surface area contributed by atoms with Gasteiger partial charge in [-0.1, -0.05) is 0 Å². The summed E-state index contributed by atoms with van der Waals surface area (Å²) < 4.78 is 77.8. The van der Waals surface area contributed by atoms with Crippen LogP contribution in [0.3, 0.4) is 0 Å². The maximum absolute atomic E-state index is 12.3. The number of hydrogen-bond donors (Lipinski definition) is 1. The smallest absolute Gasteiger partial charge is 0.351 e. The van der Waals surface area contributed by atoms with E-state index in [2.05, 4.69) is 10.1 Å². The number of alkyl halides is 6. The molecule has 0 aromatic carbocycles. The Balaban J connectivity index is 1.85. The highest BCUT2D eigenvalue weighted by Crippen LogP contribution is 2.36. The van der Waals surface area contributed by atoms with Gasteiger partial charge in [-0.05, 0) is 32.2 Å². The number of rotatable bonds is 3. The summed E-state index contributed by atoms with van der Waals surface area (Å²) in [7, 11) is 0. The number of carbonyl (C=O) groups excluding carboxylic acids is 1. The first-order valence-electron chi connectivity index (χ1n) is 7.31. The normalized spacial score (nSPS) is 22.1. The third-order valence-corrected chi connectivity index (χ3v) is 4.37. The van der Waals surface area contributed by atoms with Crippen LogP contribution in [0.4, 0.5) is 26.3 Å². The molecule has 2 fully saturated rings. The Morgan fingerprint density at radius 2 is 1.65 bits per heavy atom. The summed E-state index contributed by atoms with van der Waals surface area (Å²) in [6.45, 7) is 0.260. The molecule has 2 aliphatic heterocycles. The fourth-order valence-electron chi connectivity index (χ4n) is 3.10. The van der Waals surface area contributed by atoms with E-state index in [4.69, 9.17) is 0 Å². The molecule has 134 valence electrons. The van der Waals surface area contributed by atoms with Gasteiger partial charge >= 0.3 is 12.4 Å². The van der Waals surface area contributed by atoms with Crippen LogP contribution < -0.4 is 5.32 Å². The molecule has 1 spiro atoms. The zero-order chi connectivity index (χ0) is 17.3. The fourth-order valence-corrected chi connectivity index (χ4v) is 3.10. The van der Waals surface area contributed by atoms with Gasteiger partial charge in [0.1, 0.15) is 6.61 Å². The Bertz CT molecular complexity index is 407. The standard InChI is InChI=1S/C13H18F6N2O2/c14-12(15,16)10(13(17,18)19)23-8-9(22)21-6-3-11(4-7-21)2-1-5-20-11/h10,20H,1-8H2. The van der Waals surface area contributed by atoms with Gasteiger partial charge in [0, 0.05) is 18.6 Å². The van der Waals surface area contributed by atoms with Gasteiger partial charge in [0.2, 0.25) is 12.0 Å². The maximum Gasteiger partial charge on any atom is 0.423 e. The van der Waals surface area contributed by atoms with E-state index in [1.165, 1.54) is 4.90 Å². The molecule has 23 heavy (non-hydrogen) atoms. The number of carbonyl (C=O) groups is 1. The lowest BCUT2D eigenvalue weighted by molar-refractivity contribution is -0.320. The summed E-state index contributed by atoms with van der Waals surface area (Å²) in [5.74, 6) is -0.851. The predicted octanol–water partition coefficient (Wildman–Crippen LogP) is 2.24. The zero-order valence-corrected chi connectivity index (χ0v) is 12.3. The number of likely N-dealkylation sites (tertiary alicyclic amines) is 1. The summed E-state index contributed by atoms with van der Waals surface area (Å²) >= 11 is 0. The number of nitrogens with zero attached hydrogens (tertiary/aromatic N) is 1. The topological polar surface area (TPSA) is 41.6 Å². The van der Waals surface area contributed by atoms with Crippen molar-refractivity contribution in [2.24, 2.45) is 0 Å². The van der Waals surface area contributed by atoms with E-state index in [1.54, 1.807) is 0 Å². The lowest BCUT2D eigenvalue weighted by Gasteiger charge is -2.39. The van der Waals surface area contributed by atoms with E-state index in [0.29, 0.717) is 25.9 Å². The molecule has 2 heterocycles. The minimum absolute atomic E-state index is 0.0435. The average Bonchev–Trinajstić information content (AvgIpc) is 2.84. The second-order valence-electron chi connectivity index (χ2n) is 5.97. The predicted molar refractivity (Wildman–Crippen MR) is 67.6 cm³/mol. The van der Waals surface area contributed by atoms with E-state index in [-0.39, 0.29) is 5.54 Å². The molecule has 0 unspecified atom stereocenters. The lowest BCUT2D eigenvalue weighted by Crippen LogP contribution is -2.53. The highest BCUT2D eigenvalue weighted by atomic mass is 19.4. The maximum atomic E-state index is 12.3. The number of amides is 1. The summed E-state index contributed by atoms with van der Waals surface area (Å²) in [5, 5.41) is 3.35. The number of halogens is 6. The Kier molecular flexibility index (Phi) is 5.15. The number of piperidine rings is 1. The van der Waals surface area contributed by atoms with E-state index in [1.807, 2.05) is 0 Å². The molecule has 0 atom stereocenters. The van der Waals surface area contributed by atoms with Crippen LogP contribution >= 0.6 is 0 Å². The monoisotopic (exact) mass is 348 g/mol. The van der Waals surface area contributed by atoms with Crippen LogP contribution in [0.5, 0.6) is 0 Å². The summed E-state index contributed by atoms with van der Waals surface area (Å²) in [6.07, 6.45) is -11.9. The van der Waals surface area contributed by atoms with Gasteiger partial charge in [-0.25, -0.2) is 0 Å². The minimum Gasteiger partial charge on any atom is -0.351 e. The van der Waals surface area contributed by atoms with Crippen molar-refractivity contribution in [3.8, 4) is 0 Å². The van der Waals surface area contributed by atoms with Crippen molar-refractivity contribution < 1.29 is 35.9 Å². The van der Waals surface area contributed by atoms with Crippen LogP contribution in [-0.4, -0.2) is 61.0 Å². The molecule has 1 N–H and O–H groups in total. The SMILES string of the molecule is O=C(COC(C(F)(F)F)C(F)(F)F)N1CCC2(CCCN2)CC1. The van der Waals surface area contributed by atoms with Crippen LogP contribution in [0.25, 0.3) is 0 Å². The van der Waals surface area contributed by atoms with Crippen LogP contribution in [0, 0.1) is 0 Å². The molecular weight excluding hydrogens is 330 g/mol. The van der Waals surface area contributed by atoms with Crippen molar-refractivity contribution in [2.45, 2.75) is 49.7 Å². The number of ether oxygens (including phenoxy) is 1. The van der Waals surface area contributed by atoms with Crippen molar-refractivity contribution in [1.82, 2.24) is 10.2 Å². The molecule has 2 saturated heterocycles. The first-order chi connectivity index (χ1) is 10.5. The van der Waals surface area contributed by atoms with Gasteiger partial charge in [0.25, 0.3) is 0 Å². The van der Waals surface area contributed by atoms with Crippen molar-refractivity contribution >= 4 is 5.91 Å². The van der Waals surface area contributed by atoms with Gasteiger partial charge in [0.15, 0.2) is 0 Å². The molecule has 1 amide bonds. The first-order valence-corrected chi connectivity index (χ1v) is 7.31. The zero-order valence-electron chi connectivity index (χ0n) is 12.3. The molecule has 2 aliphatic rings. The Hall–Kier alpha value is -1.03. The molecule has 0 aromatic rings. The summed E-state index contributed by atoms with van der Waals surface area (Å²) in [4.78, 5) is 13.1. The molecule has 10 heteroatoms. The van der Waals surface area contributed by atoms with Crippen molar-refractivity contribution in [2.75, 3.05) is 26.2 Å². The average molecular weight is 348 g/mol. The second kappa shape index (κ2) is 6.46. The third-order valence-electron chi connectivity index (χ3n) is 4.37. The lowest BCUT2D eigenvalue weighted by atomic mass is 9.86. The Morgan fingerprint density at radius 3 is 2.09 bits per heavy atom. The largest absolute Gasteiger partial charge is 0.423 e. The fraction of sp³-hybridized carbons (Fsp3) is 0.923. The van der Waals surface area contributed by atoms with Crippen LogP contribution in [0.15, 0.2) is 0 Å². The van der Waals surface area contributed by atoms with E-state index in [0.717, 1.165) is 19.4 Å². The Morgan fingerprint density at radius 1 is 1.09 bits per heavy atom. The first kappa shape index (κ1) is 18.3. The van der Waals surface area contributed by atoms with Crippen molar-refractivity contribution in [3.63, 3.8) is 0 Å². The van der Waals surface area contributed by atoms with Crippen LogP contribution in [0.1, 0.15) is 25.7 Å². The molecule has 0 bridgehead atoms. The number of hydrogen-bond acceptors (Lipinski definition) is 3. The van der Waals surface area contributed by atoms with Crippen molar-refractivity contribution in [1.29, 1.82) is 0 Å². The molecule has 0 radical (unpaired) electrons. The molecular formula is C13H18F6N2O2. The minimum atomic E-state index is -5.60. The number of nitrogens with one attached hydrogen (secondary N) is 1. The van der Waals surface area contributed by atoms with Gasteiger partial charge in [0.05, 0.1) is 0 Å². The summed E-state index contributed by atoms with van der Waals surface area (Å²) in [6, 6.07) is 0.